The number of hydrogen-bond acceptors (Lipinski definition) is 2. The smallest absolute Gasteiger partial charge is 0.284 e. The fourth-order valence-corrected chi connectivity index (χ4v) is 1.00. The summed E-state index contributed by atoms with van der Waals surface area (Å²) in [5.41, 5.74) is 4.92. The first kappa shape index (κ1) is 7.74. The number of aromatic nitrogens is 2. The zero-order valence-corrected chi connectivity index (χ0v) is 7.86. The molecule has 4 nitrogen and oxygen atoms in total. The molecule has 1 aromatic heterocycles. The molecule has 0 spiro atoms. The highest BCUT2D eigenvalue weighted by molar-refractivity contribution is 9.13. The van der Waals surface area contributed by atoms with Crippen LogP contribution in [0.15, 0.2) is 9.21 Å². The molecule has 0 unspecified atom stereocenters. The summed E-state index contributed by atoms with van der Waals surface area (Å²) in [6.45, 7) is 0. The normalized spacial score (nSPS) is 9.80. The first-order valence-corrected chi connectivity index (χ1v) is 3.90. The molecular formula is C4H3Br2N3O. The molecule has 1 heterocycles. The molecule has 1 rings (SSSR count). The molecule has 0 aromatic carbocycles. The molecule has 0 saturated heterocycles. The molecule has 1 amide bonds. The monoisotopic (exact) mass is 267 g/mol. The zero-order valence-electron chi connectivity index (χ0n) is 4.69. The van der Waals surface area contributed by atoms with Gasteiger partial charge in [0.15, 0.2) is 5.82 Å². The largest absolute Gasteiger partial charge is 0.363 e. The second-order valence-corrected chi connectivity index (χ2v) is 3.10. The van der Waals surface area contributed by atoms with Gasteiger partial charge in [-0.05, 0) is 31.9 Å². The predicted octanol–water partition coefficient (Wildman–Crippen LogP) is 1.03. The standard InChI is InChI=1S/C4H3Br2N3O/c5-1-2(6)9-4(8-1)3(7)10/h(H2,7,10)(H,8,9). The van der Waals surface area contributed by atoms with Crippen LogP contribution in [0.2, 0.25) is 0 Å². The number of carbonyl (C=O) groups is 1. The number of aromatic amines is 1. The Hall–Kier alpha value is -0.360. The fraction of sp³-hybridized carbons (Fsp3) is 0. The molecule has 54 valence electrons. The summed E-state index contributed by atoms with van der Waals surface area (Å²) < 4.78 is 1.16. The number of carbonyl (C=O) groups excluding carboxylic acids is 1. The minimum absolute atomic E-state index is 0.138. The van der Waals surface area contributed by atoms with Crippen LogP contribution in [-0.4, -0.2) is 15.9 Å². The van der Waals surface area contributed by atoms with Crippen molar-refractivity contribution < 1.29 is 4.79 Å². The van der Waals surface area contributed by atoms with E-state index < -0.39 is 5.91 Å². The Morgan fingerprint density at radius 1 is 1.60 bits per heavy atom. The maximum Gasteiger partial charge on any atom is 0.284 e. The van der Waals surface area contributed by atoms with Gasteiger partial charge in [-0.1, -0.05) is 0 Å². The van der Waals surface area contributed by atoms with E-state index in [0.717, 1.165) is 0 Å². The van der Waals surface area contributed by atoms with Crippen molar-refractivity contribution >= 4 is 37.8 Å². The second kappa shape index (κ2) is 2.71. The molecule has 0 fully saturated rings. The van der Waals surface area contributed by atoms with Crippen LogP contribution in [0.25, 0.3) is 0 Å². The number of nitrogens with zero attached hydrogens (tertiary/aromatic N) is 1. The SMILES string of the molecule is NC(=O)c1nc(Br)c(Br)[nH]1. The molecule has 0 aliphatic heterocycles. The highest BCUT2D eigenvalue weighted by atomic mass is 79.9. The van der Waals surface area contributed by atoms with E-state index in [2.05, 4.69) is 41.8 Å². The van der Waals surface area contributed by atoms with Crippen molar-refractivity contribution in [1.29, 1.82) is 0 Å². The lowest BCUT2D eigenvalue weighted by Gasteiger charge is -1.81. The van der Waals surface area contributed by atoms with Gasteiger partial charge in [0, 0.05) is 0 Å². The zero-order chi connectivity index (χ0) is 7.72. The number of imidazole rings is 1. The number of H-pyrrole nitrogens is 1. The van der Waals surface area contributed by atoms with Crippen molar-refractivity contribution in [2.45, 2.75) is 0 Å². The van der Waals surface area contributed by atoms with Gasteiger partial charge >= 0.3 is 0 Å². The highest BCUT2D eigenvalue weighted by Crippen LogP contribution is 2.18. The van der Waals surface area contributed by atoms with Gasteiger partial charge in [0.2, 0.25) is 0 Å². The molecule has 0 atom stereocenters. The lowest BCUT2D eigenvalue weighted by molar-refractivity contribution is 0.0991. The summed E-state index contributed by atoms with van der Waals surface area (Å²) in [6.07, 6.45) is 0. The van der Waals surface area contributed by atoms with Crippen molar-refractivity contribution in [3.05, 3.63) is 15.0 Å². The van der Waals surface area contributed by atoms with Gasteiger partial charge < -0.3 is 10.7 Å². The van der Waals surface area contributed by atoms with E-state index in [1.807, 2.05) is 0 Å². The molecule has 0 bridgehead atoms. The average Bonchev–Trinajstić information content (AvgIpc) is 2.13. The average molecular weight is 269 g/mol. The van der Waals surface area contributed by atoms with Crippen LogP contribution in [0, 0.1) is 0 Å². The van der Waals surface area contributed by atoms with Crippen LogP contribution in [0.1, 0.15) is 10.6 Å². The van der Waals surface area contributed by atoms with Crippen LogP contribution in [0.3, 0.4) is 0 Å². The number of halogens is 2. The Balaban J connectivity index is 3.10. The van der Waals surface area contributed by atoms with Gasteiger partial charge in [-0.15, -0.1) is 0 Å². The summed E-state index contributed by atoms with van der Waals surface area (Å²) in [5.74, 6) is -0.440. The van der Waals surface area contributed by atoms with Crippen molar-refractivity contribution in [1.82, 2.24) is 9.97 Å². The second-order valence-electron chi connectivity index (χ2n) is 1.55. The van der Waals surface area contributed by atoms with Crippen LogP contribution in [-0.2, 0) is 0 Å². The third-order valence-corrected chi connectivity index (χ3v) is 2.53. The van der Waals surface area contributed by atoms with Gasteiger partial charge in [0.25, 0.3) is 5.91 Å². The molecule has 0 radical (unpaired) electrons. The van der Waals surface area contributed by atoms with Crippen LogP contribution >= 0.6 is 31.9 Å². The number of amides is 1. The van der Waals surface area contributed by atoms with E-state index in [4.69, 9.17) is 5.73 Å². The van der Waals surface area contributed by atoms with Crippen molar-refractivity contribution in [2.75, 3.05) is 0 Å². The van der Waals surface area contributed by atoms with E-state index in [-0.39, 0.29) is 5.82 Å². The molecular weight excluding hydrogens is 266 g/mol. The number of primary amides is 1. The summed E-state index contributed by atoms with van der Waals surface area (Å²) in [5, 5.41) is 0. The van der Waals surface area contributed by atoms with Crippen molar-refractivity contribution in [3.63, 3.8) is 0 Å². The highest BCUT2D eigenvalue weighted by Gasteiger charge is 2.08. The van der Waals surface area contributed by atoms with Gasteiger partial charge in [-0.2, -0.15) is 0 Å². The number of rotatable bonds is 1. The first-order chi connectivity index (χ1) is 4.61. The van der Waals surface area contributed by atoms with E-state index in [0.29, 0.717) is 9.21 Å². The van der Waals surface area contributed by atoms with Crippen LogP contribution in [0.5, 0.6) is 0 Å². The Morgan fingerprint density at radius 2 is 2.20 bits per heavy atom. The Labute approximate surface area is 73.5 Å². The predicted molar refractivity (Wildman–Crippen MR) is 42.5 cm³/mol. The Bertz CT molecular complexity index is 250. The molecule has 10 heavy (non-hydrogen) atoms. The van der Waals surface area contributed by atoms with E-state index in [9.17, 15) is 4.79 Å². The molecule has 6 heteroatoms. The Morgan fingerprint density at radius 3 is 2.40 bits per heavy atom. The first-order valence-electron chi connectivity index (χ1n) is 2.32. The van der Waals surface area contributed by atoms with Gasteiger partial charge in [-0.25, -0.2) is 4.98 Å². The lowest BCUT2D eigenvalue weighted by atomic mass is 10.6. The maximum absolute atomic E-state index is 10.5. The van der Waals surface area contributed by atoms with Gasteiger partial charge in [0.1, 0.15) is 9.21 Å². The molecule has 0 aliphatic carbocycles. The summed E-state index contributed by atoms with van der Waals surface area (Å²) in [4.78, 5) is 16.8. The van der Waals surface area contributed by atoms with Crippen molar-refractivity contribution in [2.24, 2.45) is 5.73 Å². The van der Waals surface area contributed by atoms with Gasteiger partial charge in [0.05, 0.1) is 0 Å². The topological polar surface area (TPSA) is 71.8 Å². The molecule has 0 saturated carbocycles. The third kappa shape index (κ3) is 1.38. The van der Waals surface area contributed by atoms with Crippen molar-refractivity contribution in [3.8, 4) is 0 Å². The minimum Gasteiger partial charge on any atom is -0.363 e. The van der Waals surface area contributed by atoms with E-state index in [1.165, 1.54) is 0 Å². The summed E-state index contributed by atoms with van der Waals surface area (Å²) >= 11 is 6.20. The van der Waals surface area contributed by atoms with Crippen LogP contribution < -0.4 is 5.73 Å². The summed E-state index contributed by atoms with van der Waals surface area (Å²) in [7, 11) is 0. The van der Waals surface area contributed by atoms with Crippen LogP contribution in [0.4, 0.5) is 0 Å². The number of nitrogens with two attached hydrogens (primary N) is 1. The summed E-state index contributed by atoms with van der Waals surface area (Å²) in [6, 6.07) is 0. The number of nitrogens with one attached hydrogen (secondary N) is 1. The Kier molecular flexibility index (Phi) is 2.10. The van der Waals surface area contributed by atoms with Gasteiger partial charge in [-0.3, -0.25) is 4.79 Å². The molecule has 1 aromatic rings. The lowest BCUT2D eigenvalue weighted by Crippen LogP contribution is -2.12. The number of hydrogen-bond donors (Lipinski definition) is 2. The minimum atomic E-state index is -0.577. The van der Waals surface area contributed by atoms with E-state index in [1.54, 1.807) is 0 Å². The quantitative estimate of drug-likeness (QED) is 0.799. The molecule has 0 aliphatic rings. The third-order valence-electron chi connectivity index (χ3n) is 0.853. The van der Waals surface area contributed by atoms with E-state index >= 15 is 0 Å². The molecule has 3 N–H and O–H groups in total. The fourth-order valence-electron chi connectivity index (χ4n) is 0.447. The maximum atomic E-state index is 10.5.